The van der Waals surface area contributed by atoms with Crippen LogP contribution in [0.1, 0.15) is 18.4 Å². The van der Waals surface area contributed by atoms with E-state index in [4.69, 9.17) is 4.74 Å². The van der Waals surface area contributed by atoms with E-state index in [-0.39, 0.29) is 17.4 Å². The van der Waals surface area contributed by atoms with Crippen molar-refractivity contribution in [3.8, 4) is 5.75 Å². The van der Waals surface area contributed by atoms with Gasteiger partial charge in [-0.3, -0.25) is 0 Å². The fourth-order valence-corrected chi connectivity index (χ4v) is 5.01. The first-order chi connectivity index (χ1) is 14.9. The lowest BCUT2D eigenvalue weighted by Crippen LogP contribution is -2.39. The predicted octanol–water partition coefficient (Wildman–Crippen LogP) is 3.08. The summed E-state index contributed by atoms with van der Waals surface area (Å²) in [5, 5.41) is 3.47. The first-order valence-corrected chi connectivity index (χ1v) is 11.3. The zero-order chi connectivity index (χ0) is 23.7. The second-order valence-electron chi connectivity index (χ2n) is 6.62. The van der Waals surface area contributed by atoms with E-state index in [9.17, 15) is 30.8 Å². The molecule has 0 saturated carbocycles. The number of hydrogen-bond donors (Lipinski definition) is 1. The number of ether oxygens (including phenoxy) is 1. The Bertz CT molecular complexity index is 1090. The smallest absolute Gasteiger partial charge is 0.490 e. The number of rotatable bonds is 6. The van der Waals surface area contributed by atoms with Crippen LogP contribution in [0, 0.1) is 18.6 Å². The van der Waals surface area contributed by atoms with Gasteiger partial charge in [-0.1, -0.05) is 4.47 Å². The third kappa shape index (κ3) is 4.94. The Labute approximate surface area is 183 Å². The SMILES string of the molecule is Cc1c(OC2CCNCC2)cc(F)c(S(=O)(=O)N(OC(=O)C(F)(F)F)c2nccs2)c1F. The maximum absolute atomic E-state index is 15.0. The topological polar surface area (TPSA) is 97.8 Å². The molecule has 0 radical (unpaired) electrons. The Morgan fingerprint density at radius 3 is 2.50 bits per heavy atom. The van der Waals surface area contributed by atoms with E-state index in [0.717, 1.165) is 18.5 Å². The highest BCUT2D eigenvalue weighted by Gasteiger charge is 2.46. The summed E-state index contributed by atoms with van der Waals surface area (Å²) in [5.74, 6) is -6.40. The fourth-order valence-electron chi connectivity index (χ4n) is 2.83. The maximum atomic E-state index is 15.0. The summed E-state index contributed by atoms with van der Waals surface area (Å²) in [6.45, 7) is 2.36. The average molecular weight is 501 g/mol. The van der Waals surface area contributed by atoms with Gasteiger partial charge in [0.15, 0.2) is 16.5 Å². The van der Waals surface area contributed by atoms with Crippen LogP contribution in [0.5, 0.6) is 5.75 Å². The van der Waals surface area contributed by atoms with Gasteiger partial charge in [0.05, 0.1) is 0 Å². The number of carbonyl (C=O) groups is 1. The van der Waals surface area contributed by atoms with Crippen molar-refractivity contribution in [1.29, 1.82) is 0 Å². The fraction of sp³-hybridized carbons (Fsp3) is 0.412. The average Bonchev–Trinajstić information content (AvgIpc) is 3.23. The molecule has 32 heavy (non-hydrogen) atoms. The van der Waals surface area contributed by atoms with E-state index >= 15 is 4.39 Å². The van der Waals surface area contributed by atoms with Crippen LogP contribution in [-0.2, 0) is 19.7 Å². The maximum Gasteiger partial charge on any atom is 0.493 e. The first-order valence-electron chi connectivity index (χ1n) is 9.03. The molecule has 1 fully saturated rings. The molecule has 1 aliphatic rings. The highest BCUT2D eigenvalue weighted by atomic mass is 32.2. The lowest BCUT2D eigenvalue weighted by molar-refractivity contribution is -0.199. The zero-order valence-electron chi connectivity index (χ0n) is 16.3. The Hall–Kier alpha value is -2.52. The summed E-state index contributed by atoms with van der Waals surface area (Å²) in [6.07, 6.45) is -3.85. The molecular formula is C17H16F5N3O5S2. The Morgan fingerprint density at radius 2 is 1.94 bits per heavy atom. The van der Waals surface area contributed by atoms with Crippen LogP contribution in [-0.4, -0.2) is 44.7 Å². The van der Waals surface area contributed by atoms with Gasteiger partial charge in [-0.25, -0.2) is 18.6 Å². The van der Waals surface area contributed by atoms with E-state index in [0.29, 0.717) is 43.3 Å². The zero-order valence-corrected chi connectivity index (χ0v) is 17.9. The number of alkyl halides is 3. The number of aromatic nitrogens is 1. The van der Waals surface area contributed by atoms with E-state index in [1.807, 2.05) is 0 Å². The van der Waals surface area contributed by atoms with Crippen LogP contribution in [0.2, 0.25) is 0 Å². The number of thiazole rings is 1. The summed E-state index contributed by atoms with van der Waals surface area (Å²) >= 11 is 0.463. The Kier molecular flexibility index (Phi) is 6.90. The molecule has 1 N–H and O–H groups in total. The summed E-state index contributed by atoms with van der Waals surface area (Å²) in [7, 11) is -5.49. The molecule has 2 heterocycles. The van der Waals surface area contributed by atoms with Crippen LogP contribution in [0.25, 0.3) is 0 Å². The molecule has 15 heteroatoms. The molecule has 1 aliphatic heterocycles. The second-order valence-corrected chi connectivity index (χ2v) is 9.18. The number of hydrogen-bond acceptors (Lipinski definition) is 8. The van der Waals surface area contributed by atoms with Gasteiger partial charge in [0.1, 0.15) is 11.9 Å². The van der Waals surface area contributed by atoms with Crippen LogP contribution >= 0.6 is 11.3 Å². The molecule has 176 valence electrons. The molecule has 1 aromatic heterocycles. The van der Waals surface area contributed by atoms with E-state index in [2.05, 4.69) is 15.1 Å². The van der Waals surface area contributed by atoms with Gasteiger partial charge < -0.3 is 14.9 Å². The lowest BCUT2D eigenvalue weighted by atomic mass is 10.1. The van der Waals surface area contributed by atoms with Gasteiger partial charge in [0.25, 0.3) is 0 Å². The Balaban J connectivity index is 2.03. The third-order valence-electron chi connectivity index (χ3n) is 4.40. The van der Waals surface area contributed by atoms with Crippen LogP contribution in [0.4, 0.5) is 27.1 Å². The molecule has 1 aromatic carbocycles. The van der Waals surface area contributed by atoms with Crippen LogP contribution in [0.15, 0.2) is 22.5 Å². The first kappa shape index (κ1) is 24.1. The number of nitrogens with zero attached hydrogens (tertiary/aromatic N) is 2. The summed E-state index contributed by atoms with van der Waals surface area (Å²) in [6, 6.07) is 0.624. The second kappa shape index (κ2) is 9.15. The molecule has 0 unspecified atom stereocenters. The van der Waals surface area contributed by atoms with Crippen molar-refractivity contribution in [2.75, 3.05) is 17.6 Å². The van der Waals surface area contributed by atoms with Crippen molar-refractivity contribution in [1.82, 2.24) is 10.3 Å². The lowest BCUT2D eigenvalue weighted by Gasteiger charge is -2.25. The minimum Gasteiger partial charge on any atom is -0.490 e. The van der Waals surface area contributed by atoms with Crippen molar-refractivity contribution in [2.45, 2.75) is 36.9 Å². The van der Waals surface area contributed by atoms with Crippen molar-refractivity contribution in [3.05, 3.63) is 34.8 Å². The number of benzene rings is 1. The summed E-state index contributed by atoms with van der Waals surface area (Å²) < 4.78 is 98.6. The number of anilines is 1. The molecule has 0 bridgehead atoms. The normalized spacial score (nSPS) is 15.4. The van der Waals surface area contributed by atoms with E-state index < -0.39 is 48.3 Å². The highest BCUT2D eigenvalue weighted by Crippen LogP contribution is 2.35. The number of halogens is 5. The van der Waals surface area contributed by atoms with Crippen molar-refractivity contribution in [3.63, 3.8) is 0 Å². The molecule has 0 amide bonds. The highest BCUT2D eigenvalue weighted by molar-refractivity contribution is 7.92. The standard InChI is InChI=1S/C17H16F5N3O5S2/c1-9-12(29-10-2-4-23-5-3-10)8-11(18)14(13(9)19)32(27,28)25(16-24-6-7-31-16)30-15(26)17(20,21)22/h6-8,10,23H,2-5H2,1H3. The molecular weight excluding hydrogens is 485 g/mol. The molecule has 8 nitrogen and oxygen atoms in total. The van der Waals surface area contributed by atoms with Gasteiger partial charge >= 0.3 is 22.2 Å². The van der Waals surface area contributed by atoms with Crippen LogP contribution < -0.4 is 14.5 Å². The molecule has 0 spiro atoms. The largest absolute Gasteiger partial charge is 0.493 e. The van der Waals surface area contributed by atoms with E-state index in [1.54, 1.807) is 0 Å². The Morgan fingerprint density at radius 1 is 1.28 bits per heavy atom. The monoisotopic (exact) mass is 501 g/mol. The number of sulfonamides is 1. The number of carbonyl (C=O) groups excluding carboxylic acids is 1. The van der Waals surface area contributed by atoms with E-state index in [1.165, 1.54) is 0 Å². The number of nitrogens with one attached hydrogen (secondary N) is 1. The predicted molar refractivity (Wildman–Crippen MR) is 102 cm³/mol. The summed E-state index contributed by atoms with van der Waals surface area (Å²) in [5.41, 5.74) is -0.384. The number of piperidine rings is 1. The third-order valence-corrected chi connectivity index (χ3v) is 6.83. The molecule has 3 rings (SSSR count). The van der Waals surface area contributed by atoms with Crippen molar-refractivity contribution >= 4 is 32.5 Å². The minimum absolute atomic E-state index is 0.251. The van der Waals surface area contributed by atoms with Crippen molar-refractivity contribution < 1.29 is 44.7 Å². The molecule has 2 aromatic rings. The van der Waals surface area contributed by atoms with Gasteiger partial charge in [-0.2, -0.15) is 21.6 Å². The quantitative estimate of drug-likeness (QED) is 0.480. The summed E-state index contributed by atoms with van der Waals surface area (Å²) in [4.78, 5) is 17.1. The van der Waals surface area contributed by atoms with Crippen molar-refractivity contribution in [2.24, 2.45) is 0 Å². The molecule has 0 aliphatic carbocycles. The van der Waals surface area contributed by atoms with Gasteiger partial charge in [-0.05, 0) is 32.9 Å². The molecule has 1 saturated heterocycles. The molecule has 0 atom stereocenters. The van der Waals surface area contributed by atoms with Gasteiger partial charge in [-0.15, -0.1) is 11.3 Å². The van der Waals surface area contributed by atoms with Gasteiger partial charge in [0, 0.05) is 23.2 Å². The van der Waals surface area contributed by atoms with Crippen LogP contribution in [0.3, 0.4) is 0 Å². The minimum atomic E-state index is -5.58. The van der Waals surface area contributed by atoms with Gasteiger partial charge in [0.2, 0.25) is 5.13 Å².